The molecule has 8 nitrogen and oxygen atoms in total. The predicted molar refractivity (Wildman–Crippen MR) is 126 cm³/mol. The van der Waals surface area contributed by atoms with E-state index < -0.39 is 10.0 Å². The molecule has 0 atom stereocenters. The standard InChI is InChI=1S/C23H25ClN4O4S/c1-27-13-12-23(26-27)33(30,31)28(15-17-8-10-18(24)11-9-17)20-6-3-7-21(14-20)32-16-22(29)25-19-4-2-5-19/h3,6-14,19H,2,4-5,15-16H2,1H3,(H,25,29). The number of hydrogen-bond acceptors (Lipinski definition) is 5. The summed E-state index contributed by atoms with van der Waals surface area (Å²) in [6, 6.07) is 15.3. The Morgan fingerprint density at radius 1 is 1.21 bits per heavy atom. The van der Waals surface area contributed by atoms with Gasteiger partial charge in [-0.25, -0.2) is 0 Å². The third-order valence-corrected chi connectivity index (χ3v) is 7.35. The number of nitrogens with one attached hydrogen (secondary N) is 1. The first-order chi connectivity index (χ1) is 15.8. The molecule has 3 aromatic rings. The molecule has 1 heterocycles. The molecule has 1 saturated carbocycles. The average molecular weight is 489 g/mol. The number of benzene rings is 2. The SMILES string of the molecule is Cn1ccc(S(=O)(=O)N(Cc2ccc(Cl)cc2)c2cccc(OCC(=O)NC3CCC3)c2)n1. The molecule has 1 amide bonds. The van der Waals surface area contributed by atoms with Gasteiger partial charge in [-0.05, 0) is 55.2 Å². The number of nitrogens with zero attached hydrogens (tertiary/aromatic N) is 3. The summed E-state index contributed by atoms with van der Waals surface area (Å²) < 4.78 is 35.3. The minimum Gasteiger partial charge on any atom is -0.484 e. The van der Waals surface area contributed by atoms with Crippen LogP contribution in [0.5, 0.6) is 5.75 Å². The van der Waals surface area contributed by atoms with Crippen LogP contribution in [0.15, 0.2) is 65.8 Å². The van der Waals surface area contributed by atoms with Crippen LogP contribution in [0.25, 0.3) is 0 Å². The molecule has 10 heteroatoms. The lowest BCUT2D eigenvalue weighted by Gasteiger charge is -2.26. The molecule has 33 heavy (non-hydrogen) atoms. The van der Waals surface area contributed by atoms with Crippen LogP contribution in [0.2, 0.25) is 5.02 Å². The Labute approximate surface area is 198 Å². The molecule has 0 radical (unpaired) electrons. The summed E-state index contributed by atoms with van der Waals surface area (Å²) in [6.07, 6.45) is 4.69. The Morgan fingerprint density at radius 2 is 1.97 bits per heavy atom. The zero-order valence-electron chi connectivity index (χ0n) is 18.1. The van der Waals surface area contributed by atoms with Crippen molar-refractivity contribution in [3.63, 3.8) is 0 Å². The van der Waals surface area contributed by atoms with Gasteiger partial charge in [0, 0.05) is 30.4 Å². The van der Waals surface area contributed by atoms with Crippen molar-refractivity contribution in [2.45, 2.75) is 36.9 Å². The first-order valence-corrected chi connectivity index (χ1v) is 12.4. The summed E-state index contributed by atoms with van der Waals surface area (Å²) in [4.78, 5) is 12.1. The zero-order valence-corrected chi connectivity index (χ0v) is 19.7. The first kappa shape index (κ1) is 23.1. The molecule has 4 rings (SSSR count). The normalized spacial score (nSPS) is 13.9. The highest BCUT2D eigenvalue weighted by Crippen LogP contribution is 2.29. The molecule has 2 aromatic carbocycles. The van der Waals surface area contributed by atoms with Crippen molar-refractivity contribution >= 4 is 33.2 Å². The van der Waals surface area contributed by atoms with Crippen molar-refractivity contribution in [1.82, 2.24) is 15.1 Å². The lowest BCUT2D eigenvalue weighted by Crippen LogP contribution is -2.41. The van der Waals surface area contributed by atoms with Gasteiger partial charge in [-0.1, -0.05) is 29.8 Å². The quantitative estimate of drug-likeness (QED) is 0.497. The Kier molecular flexibility index (Phi) is 6.90. The largest absolute Gasteiger partial charge is 0.484 e. The van der Waals surface area contributed by atoms with Crippen LogP contribution < -0.4 is 14.4 Å². The van der Waals surface area contributed by atoms with E-state index in [1.807, 2.05) is 0 Å². The smallest absolute Gasteiger partial charge is 0.283 e. The third-order valence-electron chi connectivity index (χ3n) is 5.43. The van der Waals surface area contributed by atoms with Crippen LogP contribution in [0.4, 0.5) is 5.69 Å². The Hall–Kier alpha value is -3.04. The van der Waals surface area contributed by atoms with Gasteiger partial charge in [0.05, 0.1) is 12.2 Å². The molecule has 1 fully saturated rings. The molecule has 1 aromatic heterocycles. The number of hydrogen-bond donors (Lipinski definition) is 1. The van der Waals surface area contributed by atoms with Crippen LogP contribution in [-0.2, 0) is 28.4 Å². The number of anilines is 1. The number of aryl methyl sites for hydroxylation is 1. The topological polar surface area (TPSA) is 93.5 Å². The molecular formula is C23H25ClN4O4S. The van der Waals surface area contributed by atoms with E-state index in [0.29, 0.717) is 16.5 Å². The minimum atomic E-state index is -3.97. The van der Waals surface area contributed by atoms with Gasteiger partial charge in [0.25, 0.3) is 15.9 Å². The summed E-state index contributed by atoms with van der Waals surface area (Å²) in [5, 5.41) is 7.51. The van der Waals surface area contributed by atoms with Gasteiger partial charge in [0.2, 0.25) is 0 Å². The predicted octanol–water partition coefficient (Wildman–Crippen LogP) is 3.52. The summed E-state index contributed by atoms with van der Waals surface area (Å²) >= 11 is 5.99. The monoisotopic (exact) mass is 488 g/mol. The number of amides is 1. The molecule has 0 aliphatic heterocycles. The molecular weight excluding hydrogens is 464 g/mol. The first-order valence-electron chi connectivity index (χ1n) is 10.6. The van der Waals surface area contributed by atoms with Crippen molar-refractivity contribution < 1.29 is 17.9 Å². The number of rotatable bonds is 9. The number of carbonyl (C=O) groups is 1. The van der Waals surface area contributed by atoms with E-state index in [-0.39, 0.29) is 30.1 Å². The van der Waals surface area contributed by atoms with E-state index in [1.165, 1.54) is 15.1 Å². The summed E-state index contributed by atoms with van der Waals surface area (Å²) in [5.74, 6) is 0.206. The fourth-order valence-electron chi connectivity index (χ4n) is 3.41. The van der Waals surface area contributed by atoms with E-state index in [0.717, 1.165) is 24.8 Å². The van der Waals surface area contributed by atoms with E-state index in [4.69, 9.17) is 16.3 Å². The summed E-state index contributed by atoms with van der Waals surface area (Å²) in [7, 11) is -2.31. The van der Waals surface area contributed by atoms with E-state index in [2.05, 4.69) is 10.4 Å². The maximum Gasteiger partial charge on any atom is 0.283 e. The van der Waals surface area contributed by atoms with Gasteiger partial charge in [0.15, 0.2) is 11.6 Å². The van der Waals surface area contributed by atoms with Crippen LogP contribution in [0, 0.1) is 0 Å². The van der Waals surface area contributed by atoms with Gasteiger partial charge >= 0.3 is 0 Å². The molecule has 1 aliphatic carbocycles. The van der Waals surface area contributed by atoms with Gasteiger partial charge in [-0.15, -0.1) is 0 Å². The summed E-state index contributed by atoms with van der Waals surface area (Å²) in [5.41, 5.74) is 1.15. The highest BCUT2D eigenvalue weighted by Gasteiger charge is 2.28. The fourth-order valence-corrected chi connectivity index (χ4v) is 4.94. The van der Waals surface area contributed by atoms with Crippen molar-refractivity contribution in [2.24, 2.45) is 7.05 Å². The highest BCUT2D eigenvalue weighted by molar-refractivity contribution is 7.92. The van der Waals surface area contributed by atoms with E-state index in [1.54, 1.807) is 61.8 Å². The van der Waals surface area contributed by atoms with Gasteiger partial charge in [-0.3, -0.25) is 13.8 Å². The average Bonchev–Trinajstić information content (AvgIpc) is 3.22. The molecule has 0 unspecified atom stereocenters. The van der Waals surface area contributed by atoms with Gasteiger partial charge in [0.1, 0.15) is 5.75 Å². The maximum absolute atomic E-state index is 13.5. The number of carbonyl (C=O) groups excluding carboxylic acids is 1. The molecule has 174 valence electrons. The highest BCUT2D eigenvalue weighted by atomic mass is 35.5. The van der Waals surface area contributed by atoms with Gasteiger partial charge < -0.3 is 10.1 Å². The number of halogens is 1. The lowest BCUT2D eigenvalue weighted by atomic mass is 9.93. The van der Waals surface area contributed by atoms with Crippen molar-refractivity contribution in [2.75, 3.05) is 10.9 Å². The maximum atomic E-state index is 13.5. The minimum absolute atomic E-state index is 0.0647. The zero-order chi connectivity index (χ0) is 23.4. The van der Waals surface area contributed by atoms with Crippen molar-refractivity contribution in [3.8, 4) is 5.75 Å². The second kappa shape index (κ2) is 9.84. The van der Waals surface area contributed by atoms with Crippen LogP contribution in [0.3, 0.4) is 0 Å². The van der Waals surface area contributed by atoms with Crippen molar-refractivity contribution in [1.29, 1.82) is 0 Å². The van der Waals surface area contributed by atoms with Crippen molar-refractivity contribution in [3.05, 3.63) is 71.4 Å². The molecule has 0 spiro atoms. The Bertz CT molecular complexity index is 1220. The Balaban J connectivity index is 1.58. The van der Waals surface area contributed by atoms with Crippen LogP contribution in [0.1, 0.15) is 24.8 Å². The Morgan fingerprint density at radius 3 is 2.61 bits per heavy atom. The van der Waals surface area contributed by atoms with Crippen LogP contribution >= 0.6 is 11.6 Å². The molecule has 0 saturated heterocycles. The van der Waals surface area contributed by atoms with E-state index in [9.17, 15) is 13.2 Å². The third kappa shape index (κ3) is 5.66. The number of aromatic nitrogens is 2. The fraction of sp³-hybridized carbons (Fsp3) is 0.304. The molecule has 1 N–H and O–H groups in total. The van der Waals surface area contributed by atoms with E-state index >= 15 is 0 Å². The molecule has 0 bridgehead atoms. The second-order valence-electron chi connectivity index (χ2n) is 7.95. The summed E-state index contributed by atoms with van der Waals surface area (Å²) in [6.45, 7) is -0.0637. The van der Waals surface area contributed by atoms with Crippen LogP contribution in [-0.4, -0.2) is 36.8 Å². The molecule has 1 aliphatic rings. The number of ether oxygens (including phenoxy) is 1. The van der Waals surface area contributed by atoms with Gasteiger partial charge in [-0.2, -0.15) is 13.5 Å². The number of sulfonamides is 1. The second-order valence-corrected chi connectivity index (χ2v) is 10.2. The lowest BCUT2D eigenvalue weighted by molar-refractivity contribution is -0.124.